The summed E-state index contributed by atoms with van der Waals surface area (Å²) in [5.74, 6) is 0.503. The lowest BCUT2D eigenvalue weighted by Crippen LogP contribution is -2.36. The predicted octanol–water partition coefficient (Wildman–Crippen LogP) is 2.75. The van der Waals surface area contributed by atoms with E-state index in [-0.39, 0.29) is 5.56 Å². The fraction of sp³-hybridized carbons (Fsp3) is 0.455. The molecule has 0 N–H and O–H groups in total. The van der Waals surface area contributed by atoms with Gasteiger partial charge in [0.05, 0.1) is 42.4 Å². The van der Waals surface area contributed by atoms with E-state index in [1.54, 1.807) is 40.7 Å². The normalized spacial score (nSPS) is 17.7. The van der Waals surface area contributed by atoms with E-state index in [4.69, 9.17) is 9.72 Å². The van der Waals surface area contributed by atoms with Gasteiger partial charge in [-0.05, 0) is 44.0 Å². The molecule has 0 amide bonds. The molecule has 1 saturated heterocycles. The van der Waals surface area contributed by atoms with E-state index >= 15 is 0 Å². The van der Waals surface area contributed by atoms with Gasteiger partial charge in [0, 0.05) is 37.0 Å². The maximum absolute atomic E-state index is 12.6. The molecule has 0 aliphatic carbocycles. The second kappa shape index (κ2) is 8.75. The van der Waals surface area contributed by atoms with Crippen LogP contribution >= 0.6 is 11.3 Å². The molecular weight excluding hydrogens is 398 g/mol. The Bertz CT molecular complexity index is 1030. The summed E-state index contributed by atoms with van der Waals surface area (Å²) in [5, 5.41) is 1.20. The first-order valence-corrected chi connectivity index (χ1v) is 11.3. The predicted molar refractivity (Wildman–Crippen MR) is 115 cm³/mol. The number of hydrogen-bond acceptors (Lipinski definition) is 7. The second-order valence-electron chi connectivity index (χ2n) is 8.01. The number of hydrogen-bond donors (Lipinski definition) is 0. The quantitative estimate of drug-likeness (QED) is 0.628. The summed E-state index contributed by atoms with van der Waals surface area (Å²) in [7, 11) is 0. The molecule has 2 aliphatic rings. The van der Waals surface area contributed by atoms with Gasteiger partial charge in [-0.3, -0.25) is 19.2 Å². The Kier molecular flexibility index (Phi) is 5.70. The smallest absolute Gasteiger partial charge is 0.253 e. The van der Waals surface area contributed by atoms with Gasteiger partial charge in [0.15, 0.2) is 0 Å². The molecule has 0 saturated carbocycles. The van der Waals surface area contributed by atoms with E-state index in [9.17, 15) is 4.79 Å². The molecule has 8 heteroatoms. The first-order chi connectivity index (χ1) is 14.7. The molecule has 0 spiro atoms. The van der Waals surface area contributed by atoms with Crippen LogP contribution in [-0.2, 0) is 30.9 Å². The number of pyridine rings is 1. The van der Waals surface area contributed by atoms with Crippen molar-refractivity contribution < 1.29 is 4.74 Å². The standard InChI is InChI=1S/C22H25N5O2S/c28-22-10-19(17-2-1-6-23-11-17)24-15-27(22)12-16-3-7-26(8-4-16)13-21-25-18-5-9-29-14-20(18)30-21/h1-2,6,10-11,15-16H,3-5,7-9,12-14H2. The van der Waals surface area contributed by atoms with Crippen molar-refractivity contribution >= 4 is 11.3 Å². The minimum atomic E-state index is 0.00173. The monoisotopic (exact) mass is 423 g/mol. The van der Waals surface area contributed by atoms with Crippen LogP contribution in [0.5, 0.6) is 0 Å². The van der Waals surface area contributed by atoms with Crippen LogP contribution in [0.1, 0.15) is 28.4 Å². The fourth-order valence-electron chi connectivity index (χ4n) is 4.18. The highest BCUT2D eigenvalue weighted by Gasteiger charge is 2.22. The summed E-state index contributed by atoms with van der Waals surface area (Å²) in [6.07, 6.45) is 8.24. The maximum Gasteiger partial charge on any atom is 0.253 e. The van der Waals surface area contributed by atoms with Gasteiger partial charge in [-0.25, -0.2) is 9.97 Å². The molecule has 156 valence electrons. The number of ether oxygens (including phenoxy) is 1. The summed E-state index contributed by atoms with van der Waals surface area (Å²) >= 11 is 1.80. The Hall–Kier alpha value is -2.42. The molecule has 0 unspecified atom stereocenters. The van der Waals surface area contributed by atoms with Crippen LogP contribution in [0.15, 0.2) is 41.7 Å². The molecular formula is C22H25N5O2S. The molecule has 7 nitrogen and oxygen atoms in total. The van der Waals surface area contributed by atoms with Crippen LogP contribution in [0.2, 0.25) is 0 Å². The number of rotatable bonds is 5. The summed E-state index contributed by atoms with van der Waals surface area (Å²) in [4.78, 5) is 29.7. The number of likely N-dealkylation sites (tertiary alicyclic amines) is 1. The summed E-state index contributed by atoms with van der Waals surface area (Å²) in [6, 6.07) is 5.38. The average molecular weight is 424 g/mol. The largest absolute Gasteiger partial charge is 0.375 e. The lowest BCUT2D eigenvalue weighted by Gasteiger charge is -2.31. The van der Waals surface area contributed by atoms with Crippen molar-refractivity contribution in [3.8, 4) is 11.3 Å². The minimum Gasteiger partial charge on any atom is -0.375 e. The van der Waals surface area contributed by atoms with E-state index in [1.165, 1.54) is 15.6 Å². The minimum absolute atomic E-state index is 0.00173. The van der Waals surface area contributed by atoms with Crippen LogP contribution in [0.3, 0.4) is 0 Å². The Morgan fingerprint density at radius 3 is 2.93 bits per heavy atom. The molecule has 5 heterocycles. The van der Waals surface area contributed by atoms with Crippen molar-refractivity contribution in [2.75, 3.05) is 19.7 Å². The van der Waals surface area contributed by atoms with Crippen LogP contribution in [0, 0.1) is 5.92 Å². The molecule has 5 rings (SSSR count). The number of thiazole rings is 1. The molecule has 0 radical (unpaired) electrons. The molecule has 3 aromatic rings. The van der Waals surface area contributed by atoms with E-state index < -0.39 is 0 Å². The molecule has 30 heavy (non-hydrogen) atoms. The average Bonchev–Trinajstić information content (AvgIpc) is 3.19. The van der Waals surface area contributed by atoms with Crippen LogP contribution in [0.25, 0.3) is 11.3 Å². The summed E-state index contributed by atoms with van der Waals surface area (Å²) < 4.78 is 7.28. The number of nitrogens with zero attached hydrogens (tertiary/aromatic N) is 5. The van der Waals surface area contributed by atoms with Gasteiger partial charge in [-0.1, -0.05) is 0 Å². The van der Waals surface area contributed by atoms with Crippen LogP contribution in [-0.4, -0.2) is 44.1 Å². The fourth-order valence-corrected chi connectivity index (χ4v) is 5.27. The molecule has 0 aromatic carbocycles. The zero-order valence-corrected chi connectivity index (χ0v) is 17.7. The third kappa shape index (κ3) is 4.35. The summed E-state index contributed by atoms with van der Waals surface area (Å²) in [6.45, 7) is 5.25. The Labute approximate surface area is 179 Å². The van der Waals surface area contributed by atoms with Crippen molar-refractivity contribution in [1.29, 1.82) is 0 Å². The SMILES string of the molecule is O=c1cc(-c2cccnc2)ncn1CC1CCN(Cc2nc3c(s2)COCC3)CC1. The Balaban J connectivity index is 1.16. The van der Waals surface area contributed by atoms with Gasteiger partial charge in [0.25, 0.3) is 5.56 Å². The highest BCUT2D eigenvalue weighted by molar-refractivity contribution is 7.11. The van der Waals surface area contributed by atoms with Crippen molar-refractivity contribution in [3.63, 3.8) is 0 Å². The van der Waals surface area contributed by atoms with E-state index in [0.29, 0.717) is 11.6 Å². The molecule has 3 aromatic heterocycles. The van der Waals surface area contributed by atoms with E-state index in [1.807, 2.05) is 12.1 Å². The van der Waals surface area contributed by atoms with E-state index in [0.717, 1.165) is 64.2 Å². The van der Waals surface area contributed by atoms with Gasteiger partial charge in [-0.2, -0.15) is 0 Å². The Morgan fingerprint density at radius 1 is 1.27 bits per heavy atom. The first kappa shape index (κ1) is 19.5. The molecule has 1 fully saturated rings. The van der Waals surface area contributed by atoms with Gasteiger partial charge >= 0.3 is 0 Å². The third-order valence-electron chi connectivity index (χ3n) is 5.90. The highest BCUT2D eigenvalue weighted by atomic mass is 32.1. The van der Waals surface area contributed by atoms with Gasteiger partial charge in [0.2, 0.25) is 0 Å². The highest BCUT2D eigenvalue weighted by Crippen LogP contribution is 2.26. The van der Waals surface area contributed by atoms with Crippen molar-refractivity contribution in [2.45, 2.75) is 39.0 Å². The van der Waals surface area contributed by atoms with Crippen LogP contribution in [0.4, 0.5) is 0 Å². The summed E-state index contributed by atoms with van der Waals surface area (Å²) in [5.41, 5.74) is 2.78. The zero-order chi connectivity index (χ0) is 20.3. The number of aromatic nitrogens is 4. The van der Waals surface area contributed by atoms with Crippen molar-refractivity contribution in [3.05, 3.63) is 62.9 Å². The lowest BCUT2D eigenvalue weighted by atomic mass is 9.96. The molecule has 0 atom stereocenters. The van der Waals surface area contributed by atoms with Crippen molar-refractivity contribution in [1.82, 2.24) is 24.4 Å². The third-order valence-corrected chi connectivity index (χ3v) is 6.95. The maximum atomic E-state index is 12.6. The topological polar surface area (TPSA) is 73.1 Å². The zero-order valence-electron chi connectivity index (χ0n) is 16.9. The molecule has 0 bridgehead atoms. The van der Waals surface area contributed by atoms with Gasteiger partial charge < -0.3 is 4.74 Å². The van der Waals surface area contributed by atoms with E-state index in [2.05, 4.69) is 14.9 Å². The first-order valence-electron chi connectivity index (χ1n) is 10.5. The van der Waals surface area contributed by atoms with Gasteiger partial charge in [0.1, 0.15) is 5.01 Å². The number of piperidine rings is 1. The van der Waals surface area contributed by atoms with Crippen molar-refractivity contribution in [2.24, 2.45) is 5.92 Å². The second-order valence-corrected chi connectivity index (χ2v) is 9.17. The Morgan fingerprint density at radius 2 is 2.17 bits per heavy atom. The van der Waals surface area contributed by atoms with Gasteiger partial charge in [-0.15, -0.1) is 11.3 Å². The molecule has 2 aliphatic heterocycles. The lowest BCUT2D eigenvalue weighted by molar-refractivity contribution is 0.112. The van der Waals surface area contributed by atoms with Crippen LogP contribution < -0.4 is 5.56 Å². The number of fused-ring (bicyclic) bond motifs is 1.